The van der Waals surface area contributed by atoms with Crippen molar-refractivity contribution in [3.8, 4) is 0 Å². The molecule has 0 aromatic rings. The zero-order valence-electron chi connectivity index (χ0n) is 9.08. The van der Waals surface area contributed by atoms with E-state index >= 15 is 0 Å². The van der Waals surface area contributed by atoms with Crippen LogP contribution >= 0.6 is 0 Å². The summed E-state index contributed by atoms with van der Waals surface area (Å²) >= 11 is 0. The molecule has 2 nitrogen and oxygen atoms in total. The van der Waals surface area contributed by atoms with E-state index in [1.54, 1.807) is 0 Å². The summed E-state index contributed by atoms with van der Waals surface area (Å²) in [6.07, 6.45) is 11.1. The maximum Gasteiger partial charge on any atom is 0.0726 e. The van der Waals surface area contributed by atoms with Crippen LogP contribution in [-0.4, -0.2) is 18.8 Å². The van der Waals surface area contributed by atoms with Crippen LogP contribution in [0.2, 0.25) is 0 Å². The maximum absolute atomic E-state index is 6.18. The molecule has 14 heavy (non-hydrogen) atoms. The largest absolute Gasteiger partial charge is 0.377 e. The van der Waals surface area contributed by atoms with Crippen LogP contribution in [0.5, 0.6) is 0 Å². The molecule has 1 aliphatic carbocycles. The Balaban J connectivity index is 1.72. The fraction of sp³-hybridized carbons (Fsp3) is 1.00. The van der Waals surface area contributed by atoms with Gasteiger partial charge in [-0.25, -0.2) is 0 Å². The van der Waals surface area contributed by atoms with Gasteiger partial charge in [0.05, 0.1) is 6.10 Å². The van der Waals surface area contributed by atoms with Gasteiger partial charge in [-0.05, 0) is 25.2 Å². The van der Waals surface area contributed by atoms with Crippen molar-refractivity contribution in [3.63, 3.8) is 0 Å². The number of hydrogen-bond acceptors (Lipinski definition) is 2. The SMILES string of the molecule is NC(CC1CCCCC1)C1CCCO1. The highest BCUT2D eigenvalue weighted by Gasteiger charge is 2.25. The molecule has 0 spiro atoms. The molecule has 1 heterocycles. The summed E-state index contributed by atoms with van der Waals surface area (Å²) in [4.78, 5) is 0. The second-order valence-electron chi connectivity index (χ2n) is 4.96. The van der Waals surface area contributed by atoms with Gasteiger partial charge in [-0.15, -0.1) is 0 Å². The van der Waals surface area contributed by atoms with Crippen molar-refractivity contribution >= 4 is 0 Å². The molecule has 2 rings (SSSR count). The first kappa shape index (κ1) is 10.4. The second-order valence-corrected chi connectivity index (χ2v) is 4.96. The van der Waals surface area contributed by atoms with Gasteiger partial charge >= 0.3 is 0 Å². The summed E-state index contributed by atoms with van der Waals surface area (Å²) in [6, 6.07) is 0.306. The predicted octanol–water partition coefficient (Wildman–Crippen LogP) is 2.46. The Bertz CT molecular complexity index is 160. The molecule has 2 heteroatoms. The van der Waals surface area contributed by atoms with E-state index in [1.807, 2.05) is 0 Å². The van der Waals surface area contributed by atoms with Crippen LogP contribution in [-0.2, 0) is 4.74 Å². The van der Waals surface area contributed by atoms with E-state index < -0.39 is 0 Å². The zero-order valence-corrected chi connectivity index (χ0v) is 9.08. The number of hydrogen-bond donors (Lipinski definition) is 1. The van der Waals surface area contributed by atoms with Crippen molar-refractivity contribution in [2.75, 3.05) is 6.61 Å². The van der Waals surface area contributed by atoms with E-state index in [0.29, 0.717) is 12.1 Å². The molecule has 0 radical (unpaired) electrons. The standard InChI is InChI=1S/C12H23NO/c13-11(12-7-4-8-14-12)9-10-5-2-1-3-6-10/h10-12H,1-9,13H2. The summed E-state index contributed by atoms with van der Waals surface area (Å²) < 4.78 is 5.63. The molecule has 2 aliphatic rings. The molecule has 82 valence electrons. The summed E-state index contributed by atoms with van der Waals surface area (Å²) in [5.74, 6) is 0.892. The van der Waals surface area contributed by atoms with E-state index in [9.17, 15) is 0 Å². The topological polar surface area (TPSA) is 35.2 Å². The lowest BCUT2D eigenvalue weighted by atomic mass is 9.83. The van der Waals surface area contributed by atoms with Gasteiger partial charge in [0.25, 0.3) is 0 Å². The van der Waals surface area contributed by atoms with Gasteiger partial charge in [0.2, 0.25) is 0 Å². The first-order chi connectivity index (χ1) is 6.86. The fourth-order valence-corrected chi connectivity index (χ4v) is 2.90. The normalized spacial score (nSPS) is 31.9. The van der Waals surface area contributed by atoms with Gasteiger partial charge in [0.15, 0.2) is 0 Å². The quantitative estimate of drug-likeness (QED) is 0.754. The molecule has 2 fully saturated rings. The van der Waals surface area contributed by atoms with Gasteiger partial charge in [0.1, 0.15) is 0 Å². The van der Waals surface area contributed by atoms with Crippen LogP contribution in [0.25, 0.3) is 0 Å². The van der Waals surface area contributed by atoms with Gasteiger partial charge in [0, 0.05) is 12.6 Å². The monoisotopic (exact) mass is 197 g/mol. The molecule has 2 atom stereocenters. The van der Waals surface area contributed by atoms with E-state index in [1.165, 1.54) is 51.4 Å². The smallest absolute Gasteiger partial charge is 0.0726 e. The molecule has 0 bridgehead atoms. The van der Waals surface area contributed by atoms with Crippen LogP contribution in [0.1, 0.15) is 51.4 Å². The van der Waals surface area contributed by atoms with Crippen molar-refractivity contribution in [2.24, 2.45) is 11.7 Å². The molecule has 0 aromatic carbocycles. The first-order valence-corrected chi connectivity index (χ1v) is 6.23. The average Bonchev–Trinajstić information content (AvgIpc) is 2.72. The third kappa shape index (κ3) is 2.71. The summed E-state index contributed by atoms with van der Waals surface area (Å²) in [5, 5.41) is 0. The van der Waals surface area contributed by atoms with Gasteiger partial charge in [-0.2, -0.15) is 0 Å². The third-order valence-corrected chi connectivity index (χ3v) is 3.77. The maximum atomic E-state index is 6.18. The summed E-state index contributed by atoms with van der Waals surface area (Å²) in [7, 11) is 0. The Labute approximate surface area is 87.2 Å². The molecule has 0 amide bonds. The summed E-state index contributed by atoms with van der Waals surface area (Å²) in [5.41, 5.74) is 6.18. The van der Waals surface area contributed by atoms with Crippen molar-refractivity contribution in [1.29, 1.82) is 0 Å². The highest BCUT2D eigenvalue weighted by Crippen LogP contribution is 2.29. The number of nitrogens with two attached hydrogens (primary N) is 1. The molecule has 2 N–H and O–H groups in total. The van der Waals surface area contributed by atoms with Crippen LogP contribution < -0.4 is 5.73 Å². The molecular formula is C12H23NO. The lowest BCUT2D eigenvalue weighted by Crippen LogP contribution is -2.36. The van der Waals surface area contributed by atoms with Crippen molar-refractivity contribution in [2.45, 2.75) is 63.5 Å². The number of rotatable bonds is 3. The minimum Gasteiger partial charge on any atom is -0.377 e. The molecule has 0 aromatic heterocycles. The Kier molecular flexibility index (Phi) is 3.82. The Hall–Kier alpha value is -0.0800. The average molecular weight is 197 g/mol. The van der Waals surface area contributed by atoms with Gasteiger partial charge in [-0.1, -0.05) is 32.1 Å². The van der Waals surface area contributed by atoms with E-state index in [4.69, 9.17) is 10.5 Å². The van der Waals surface area contributed by atoms with Crippen LogP contribution in [0.15, 0.2) is 0 Å². The van der Waals surface area contributed by atoms with Gasteiger partial charge in [-0.3, -0.25) is 0 Å². The van der Waals surface area contributed by atoms with Crippen LogP contribution in [0, 0.1) is 5.92 Å². The van der Waals surface area contributed by atoms with Crippen molar-refractivity contribution in [3.05, 3.63) is 0 Å². The van der Waals surface area contributed by atoms with Crippen molar-refractivity contribution < 1.29 is 4.74 Å². The second kappa shape index (κ2) is 5.13. The first-order valence-electron chi connectivity index (χ1n) is 6.23. The lowest BCUT2D eigenvalue weighted by molar-refractivity contribution is 0.0798. The van der Waals surface area contributed by atoms with E-state index in [2.05, 4.69) is 0 Å². The van der Waals surface area contributed by atoms with Crippen LogP contribution in [0.3, 0.4) is 0 Å². The highest BCUT2D eigenvalue weighted by atomic mass is 16.5. The number of ether oxygens (including phenoxy) is 1. The fourth-order valence-electron chi connectivity index (χ4n) is 2.90. The Morgan fingerprint density at radius 2 is 1.86 bits per heavy atom. The summed E-state index contributed by atoms with van der Waals surface area (Å²) in [6.45, 7) is 0.934. The predicted molar refractivity (Wildman–Crippen MR) is 58.1 cm³/mol. The molecule has 1 aliphatic heterocycles. The minimum atomic E-state index is 0.306. The lowest BCUT2D eigenvalue weighted by Gasteiger charge is -2.27. The van der Waals surface area contributed by atoms with Crippen LogP contribution in [0.4, 0.5) is 0 Å². The Morgan fingerprint density at radius 3 is 2.50 bits per heavy atom. The van der Waals surface area contributed by atoms with Crippen molar-refractivity contribution in [1.82, 2.24) is 0 Å². The molecule has 1 saturated heterocycles. The van der Waals surface area contributed by atoms with E-state index in [0.717, 1.165) is 12.5 Å². The highest BCUT2D eigenvalue weighted by molar-refractivity contribution is 4.80. The van der Waals surface area contributed by atoms with E-state index in [-0.39, 0.29) is 0 Å². The zero-order chi connectivity index (χ0) is 9.80. The molecule has 1 saturated carbocycles. The molecule has 2 unspecified atom stereocenters. The molecular weight excluding hydrogens is 174 g/mol. The minimum absolute atomic E-state index is 0.306. The van der Waals surface area contributed by atoms with Gasteiger partial charge < -0.3 is 10.5 Å². The third-order valence-electron chi connectivity index (χ3n) is 3.77. The Morgan fingerprint density at radius 1 is 1.07 bits per heavy atom.